The van der Waals surface area contributed by atoms with Crippen LogP contribution in [-0.4, -0.2) is 30.9 Å². The SMILES string of the molecule is COC(=O)[C@H]1C(=O)C2=C(C[C@@H]1C)NC(C)=C(C(=O)OC1CCCC1)[C@H]2c1ccc(-c2ccccc2)cc1. The van der Waals surface area contributed by atoms with Crippen LogP contribution in [-0.2, 0) is 23.9 Å². The van der Waals surface area contributed by atoms with Crippen molar-refractivity contribution in [3.8, 4) is 11.1 Å². The number of carbonyl (C=O) groups excluding carboxylic acids is 3. The van der Waals surface area contributed by atoms with E-state index in [4.69, 9.17) is 9.47 Å². The van der Waals surface area contributed by atoms with Gasteiger partial charge in [-0.15, -0.1) is 0 Å². The highest BCUT2D eigenvalue weighted by Crippen LogP contribution is 2.46. The van der Waals surface area contributed by atoms with Gasteiger partial charge in [0.15, 0.2) is 5.78 Å². The fourth-order valence-electron chi connectivity index (χ4n) is 6.00. The lowest BCUT2D eigenvalue weighted by Crippen LogP contribution is -2.43. The highest BCUT2D eigenvalue weighted by Gasteiger charge is 2.47. The van der Waals surface area contributed by atoms with Crippen LogP contribution < -0.4 is 5.32 Å². The van der Waals surface area contributed by atoms with Gasteiger partial charge in [-0.25, -0.2) is 4.79 Å². The summed E-state index contributed by atoms with van der Waals surface area (Å²) in [4.78, 5) is 40.1. The lowest BCUT2D eigenvalue weighted by Gasteiger charge is -2.38. The molecule has 2 aromatic rings. The van der Waals surface area contributed by atoms with Crippen LogP contribution in [0.1, 0.15) is 57.4 Å². The molecule has 1 heterocycles. The third kappa shape index (κ3) is 4.73. The largest absolute Gasteiger partial charge is 0.468 e. The zero-order valence-corrected chi connectivity index (χ0v) is 21.6. The topological polar surface area (TPSA) is 81.7 Å². The minimum atomic E-state index is -0.901. The third-order valence-corrected chi connectivity index (χ3v) is 7.89. The molecule has 0 saturated heterocycles. The van der Waals surface area contributed by atoms with Crippen LogP contribution >= 0.6 is 0 Å². The van der Waals surface area contributed by atoms with E-state index in [9.17, 15) is 14.4 Å². The van der Waals surface area contributed by atoms with E-state index in [1.54, 1.807) is 0 Å². The second kappa shape index (κ2) is 10.4. The Morgan fingerprint density at radius 1 is 0.946 bits per heavy atom. The smallest absolute Gasteiger partial charge is 0.337 e. The lowest BCUT2D eigenvalue weighted by atomic mass is 9.69. The average molecular weight is 500 g/mol. The Kier molecular flexibility index (Phi) is 7.00. The quantitative estimate of drug-likeness (QED) is 0.435. The average Bonchev–Trinajstić information content (AvgIpc) is 3.41. The second-order valence-electron chi connectivity index (χ2n) is 10.3. The van der Waals surface area contributed by atoms with Crippen LogP contribution in [0.4, 0.5) is 0 Å². The van der Waals surface area contributed by atoms with Gasteiger partial charge in [-0.2, -0.15) is 0 Å². The number of dihydropyridines is 1. The molecule has 6 nitrogen and oxygen atoms in total. The van der Waals surface area contributed by atoms with Crippen molar-refractivity contribution in [3.05, 3.63) is 82.7 Å². The van der Waals surface area contributed by atoms with E-state index in [1.165, 1.54) is 7.11 Å². The van der Waals surface area contributed by atoms with E-state index in [1.807, 2.05) is 68.4 Å². The van der Waals surface area contributed by atoms with E-state index >= 15 is 0 Å². The first kappa shape index (κ1) is 25.0. The number of allylic oxidation sites excluding steroid dienone is 3. The first-order chi connectivity index (χ1) is 17.9. The summed E-state index contributed by atoms with van der Waals surface area (Å²) in [5, 5.41) is 3.33. The van der Waals surface area contributed by atoms with Crippen molar-refractivity contribution in [2.45, 2.75) is 58.0 Å². The van der Waals surface area contributed by atoms with Crippen molar-refractivity contribution < 1.29 is 23.9 Å². The molecule has 0 radical (unpaired) electrons. The van der Waals surface area contributed by atoms with Gasteiger partial charge in [0, 0.05) is 22.9 Å². The van der Waals surface area contributed by atoms with Crippen molar-refractivity contribution in [2.24, 2.45) is 11.8 Å². The number of nitrogens with one attached hydrogen (secondary N) is 1. The zero-order chi connectivity index (χ0) is 26.1. The maximum absolute atomic E-state index is 13.9. The number of hydrogen-bond donors (Lipinski definition) is 1. The lowest BCUT2D eigenvalue weighted by molar-refractivity contribution is -0.151. The van der Waals surface area contributed by atoms with Crippen LogP contribution in [0.5, 0.6) is 0 Å². The van der Waals surface area contributed by atoms with E-state index in [0.29, 0.717) is 23.3 Å². The third-order valence-electron chi connectivity index (χ3n) is 7.89. The van der Waals surface area contributed by atoms with Gasteiger partial charge in [0.1, 0.15) is 12.0 Å². The van der Waals surface area contributed by atoms with Crippen molar-refractivity contribution in [1.29, 1.82) is 0 Å². The zero-order valence-electron chi connectivity index (χ0n) is 21.6. The maximum atomic E-state index is 13.9. The molecule has 3 aliphatic rings. The summed E-state index contributed by atoms with van der Waals surface area (Å²) in [6, 6.07) is 18.0. The number of rotatable bonds is 5. The van der Waals surface area contributed by atoms with Crippen LogP contribution in [0.25, 0.3) is 11.1 Å². The van der Waals surface area contributed by atoms with Gasteiger partial charge in [-0.3, -0.25) is 9.59 Å². The standard InChI is InChI=1S/C31H33NO5/c1-18-17-24-28(29(33)25(18)30(34)36-3)27(22-15-13-21(14-16-22)20-9-5-4-6-10-20)26(19(2)32-24)31(35)37-23-11-7-8-12-23/h4-6,9-10,13-16,18,23,25,27,32H,7-8,11-12,17H2,1-3H3/t18-,25+,27+/m0/s1. The Labute approximate surface area is 217 Å². The summed E-state index contributed by atoms with van der Waals surface area (Å²) < 4.78 is 10.9. The van der Waals surface area contributed by atoms with Gasteiger partial charge in [-0.05, 0) is 61.6 Å². The normalized spacial score (nSPS) is 24.0. The monoisotopic (exact) mass is 499 g/mol. The molecule has 1 saturated carbocycles. The number of esters is 2. The van der Waals surface area contributed by atoms with Crippen LogP contribution in [0, 0.1) is 11.8 Å². The van der Waals surface area contributed by atoms with E-state index in [2.05, 4.69) is 5.32 Å². The minimum absolute atomic E-state index is 0.103. The highest BCUT2D eigenvalue weighted by atomic mass is 16.5. The van der Waals surface area contributed by atoms with Crippen LogP contribution in [0.3, 0.4) is 0 Å². The molecule has 5 rings (SSSR count). The molecule has 0 aromatic heterocycles. The number of carbonyl (C=O) groups is 3. The molecule has 0 spiro atoms. The fraction of sp³-hybridized carbons (Fsp3) is 0.387. The summed E-state index contributed by atoms with van der Waals surface area (Å²) >= 11 is 0. The molecule has 3 atom stereocenters. The van der Waals surface area contributed by atoms with Gasteiger partial charge in [0.2, 0.25) is 0 Å². The maximum Gasteiger partial charge on any atom is 0.337 e. The molecule has 192 valence electrons. The molecule has 0 amide bonds. The molecule has 37 heavy (non-hydrogen) atoms. The van der Waals surface area contributed by atoms with Gasteiger partial charge in [-0.1, -0.05) is 61.5 Å². The van der Waals surface area contributed by atoms with Crippen molar-refractivity contribution >= 4 is 17.7 Å². The van der Waals surface area contributed by atoms with E-state index in [-0.39, 0.29) is 17.8 Å². The Balaban J connectivity index is 1.58. The summed E-state index contributed by atoms with van der Waals surface area (Å²) in [6.45, 7) is 3.75. The van der Waals surface area contributed by atoms with Crippen molar-refractivity contribution in [3.63, 3.8) is 0 Å². The molecule has 2 aliphatic carbocycles. The Hall–Kier alpha value is -3.67. The number of methoxy groups -OCH3 is 1. The summed E-state index contributed by atoms with van der Waals surface area (Å²) in [6.07, 6.45) is 4.22. The van der Waals surface area contributed by atoms with Crippen molar-refractivity contribution in [2.75, 3.05) is 7.11 Å². The van der Waals surface area contributed by atoms with E-state index in [0.717, 1.165) is 48.1 Å². The summed E-state index contributed by atoms with van der Waals surface area (Å²) in [5.74, 6) is -2.97. The number of Topliss-reactive ketones (excluding diaryl/α,β-unsaturated/α-hetero) is 1. The Bertz CT molecular complexity index is 1270. The van der Waals surface area contributed by atoms with Crippen LogP contribution in [0.2, 0.25) is 0 Å². The van der Waals surface area contributed by atoms with Crippen molar-refractivity contribution in [1.82, 2.24) is 5.32 Å². The highest BCUT2D eigenvalue weighted by molar-refractivity contribution is 6.12. The molecule has 0 unspecified atom stereocenters. The first-order valence-corrected chi connectivity index (χ1v) is 13.1. The molecular weight excluding hydrogens is 466 g/mol. The molecule has 0 bridgehead atoms. The molecule has 1 fully saturated rings. The van der Waals surface area contributed by atoms with E-state index < -0.39 is 23.8 Å². The van der Waals surface area contributed by atoms with Gasteiger partial charge in [0.05, 0.1) is 12.7 Å². The Morgan fingerprint density at radius 2 is 1.59 bits per heavy atom. The molecule has 1 aliphatic heterocycles. The second-order valence-corrected chi connectivity index (χ2v) is 10.3. The van der Waals surface area contributed by atoms with Gasteiger partial charge < -0.3 is 14.8 Å². The number of ether oxygens (including phenoxy) is 2. The van der Waals surface area contributed by atoms with Gasteiger partial charge >= 0.3 is 11.9 Å². The predicted molar refractivity (Wildman–Crippen MR) is 140 cm³/mol. The number of hydrogen-bond acceptors (Lipinski definition) is 6. The number of ketones is 1. The molecule has 6 heteroatoms. The Morgan fingerprint density at radius 3 is 2.24 bits per heavy atom. The summed E-state index contributed by atoms with van der Waals surface area (Å²) in [5.41, 5.74) is 5.30. The predicted octanol–water partition coefficient (Wildman–Crippen LogP) is 5.45. The van der Waals surface area contributed by atoms with Gasteiger partial charge in [0.25, 0.3) is 0 Å². The first-order valence-electron chi connectivity index (χ1n) is 13.1. The molecule has 2 aromatic carbocycles. The molecular formula is C31H33NO5. The number of benzene rings is 2. The minimum Gasteiger partial charge on any atom is -0.468 e. The molecule has 1 N–H and O–H groups in total. The van der Waals surface area contributed by atoms with Crippen LogP contribution in [0.15, 0.2) is 77.1 Å². The fourth-order valence-corrected chi connectivity index (χ4v) is 6.00. The summed E-state index contributed by atoms with van der Waals surface area (Å²) in [7, 11) is 1.31.